The fourth-order valence-corrected chi connectivity index (χ4v) is 3.19. The van der Waals surface area contributed by atoms with E-state index in [2.05, 4.69) is 20.9 Å². The van der Waals surface area contributed by atoms with Crippen LogP contribution in [0.5, 0.6) is 0 Å². The predicted octanol–water partition coefficient (Wildman–Crippen LogP) is 1.87. The molecule has 20 heavy (non-hydrogen) atoms. The quantitative estimate of drug-likeness (QED) is 0.787. The minimum atomic E-state index is -0.827. The van der Waals surface area contributed by atoms with Crippen LogP contribution in [-0.4, -0.2) is 48.2 Å². The Hall–Kier alpha value is -1.15. The van der Waals surface area contributed by atoms with Crippen molar-refractivity contribution in [3.8, 4) is 0 Å². The zero-order valence-corrected chi connectivity index (χ0v) is 13.4. The lowest BCUT2D eigenvalue weighted by Crippen LogP contribution is -2.08. The van der Waals surface area contributed by atoms with Gasteiger partial charge in [-0.25, -0.2) is 4.98 Å². The molecule has 0 bridgehead atoms. The first-order valence-electron chi connectivity index (χ1n) is 6.34. The van der Waals surface area contributed by atoms with Crippen LogP contribution >= 0.6 is 23.5 Å². The van der Waals surface area contributed by atoms with E-state index in [1.165, 1.54) is 11.8 Å². The van der Waals surface area contributed by atoms with Gasteiger partial charge in [0.2, 0.25) is 0 Å². The van der Waals surface area contributed by atoms with Crippen LogP contribution in [0.25, 0.3) is 11.2 Å². The van der Waals surface area contributed by atoms with Gasteiger partial charge in [-0.15, -0.1) is 0 Å². The molecular formula is C12H18N4O2S2. The molecule has 0 aliphatic heterocycles. The molecule has 0 aliphatic rings. The van der Waals surface area contributed by atoms with Gasteiger partial charge in [0.1, 0.15) is 5.52 Å². The fourth-order valence-electron chi connectivity index (χ4n) is 2.08. The summed E-state index contributed by atoms with van der Waals surface area (Å²) < 4.78 is 3.91. The highest BCUT2D eigenvalue weighted by Gasteiger charge is 2.19. The Balaban J connectivity index is 2.45. The molecule has 0 saturated carbocycles. The van der Waals surface area contributed by atoms with Crippen LogP contribution in [0.2, 0.25) is 0 Å². The normalized spacial score (nSPS) is 11.3. The number of nitrogens with zero attached hydrogens (tertiary/aromatic N) is 4. The third kappa shape index (κ3) is 2.95. The number of hydrogen-bond acceptors (Lipinski definition) is 5. The van der Waals surface area contributed by atoms with Crippen molar-refractivity contribution in [1.82, 2.24) is 19.3 Å². The van der Waals surface area contributed by atoms with Crippen molar-refractivity contribution in [1.29, 1.82) is 0 Å². The third-order valence-electron chi connectivity index (χ3n) is 2.94. The van der Waals surface area contributed by atoms with E-state index in [1.807, 2.05) is 18.7 Å². The molecule has 0 saturated heterocycles. The Morgan fingerprint density at radius 1 is 1.45 bits per heavy atom. The molecule has 0 spiro atoms. The van der Waals surface area contributed by atoms with Crippen molar-refractivity contribution in [2.45, 2.75) is 25.0 Å². The highest BCUT2D eigenvalue weighted by Crippen LogP contribution is 2.26. The van der Waals surface area contributed by atoms with Crippen molar-refractivity contribution in [3.63, 3.8) is 0 Å². The Kier molecular flexibility index (Phi) is 4.98. The van der Waals surface area contributed by atoms with E-state index in [0.29, 0.717) is 0 Å². The molecule has 0 fully saturated rings. The third-order valence-corrected chi connectivity index (χ3v) is 4.49. The number of carbonyl (C=O) groups is 1. The van der Waals surface area contributed by atoms with Crippen molar-refractivity contribution in [3.05, 3.63) is 5.69 Å². The van der Waals surface area contributed by atoms with Gasteiger partial charge in [0.05, 0.1) is 11.4 Å². The fraction of sp³-hybridized carbons (Fsp3) is 0.583. The summed E-state index contributed by atoms with van der Waals surface area (Å²) in [6.07, 6.45) is 2.87. The number of thioether (sulfide) groups is 2. The van der Waals surface area contributed by atoms with E-state index in [4.69, 9.17) is 5.11 Å². The monoisotopic (exact) mass is 314 g/mol. The molecular weight excluding hydrogens is 296 g/mol. The van der Waals surface area contributed by atoms with Gasteiger partial charge >= 0.3 is 5.97 Å². The molecule has 0 unspecified atom stereocenters. The van der Waals surface area contributed by atoms with Gasteiger partial charge in [-0.2, -0.15) is 16.9 Å². The molecule has 6 nitrogen and oxygen atoms in total. The average Bonchev–Trinajstić information content (AvgIpc) is 2.92. The van der Waals surface area contributed by atoms with Crippen LogP contribution in [0.3, 0.4) is 0 Å². The first-order chi connectivity index (χ1) is 9.58. The second kappa shape index (κ2) is 6.53. The van der Waals surface area contributed by atoms with E-state index in [0.717, 1.165) is 40.7 Å². The predicted molar refractivity (Wildman–Crippen MR) is 82.6 cm³/mol. The lowest BCUT2D eigenvalue weighted by molar-refractivity contribution is -0.133. The summed E-state index contributed by atoms with van der Waals surface area (Å²) >= 11 is 3.02. The molecule has 2 rings (SSSR count). The number of imidazole rings is 1. The topological polar surface area (TPSA) is 72.9 Å². The number of fused-ring (bicyclic) bond motifs is 1. The smallest absolute Gasteiger partial charge is 0.313 e. The summed E-state index contributed by atoms with van der Waals surface area (Å²) in [5.74, 6) is 0.156. The number of carboxylic acid groups (broad SMARTS) is 1. The van der Waals surface area contributed by atoms with Crippen molar-refractivity contribution in [2.75, 3.05) is 17.8 Å². The van der Waals surface area contributed by atoms with Gasteiger partial charge in [0.25, 0.3) is 0 Å². The average molecular weight is 314 g/mol. The minimum absolute atomic E-state index is 0.0253. The highest BCUT2D eigenvalue weighted by molar-refractivity contribution is 7.99. The summed E-state index contributed by atoms with van der Waals surface area (Å²) in [4.78, 5) is 15.4. The second-order valence-electron chi connectivity index (χ2n) is 4.32. The van der Waals surface area contributed by atoms with E-state index in [-0.39, 0.29) is 5.75 Å². The van der Waals surface area contributed by atoms with Crippen LogP contribution in [0, 0.1) is 0 Å². The second-order valence-corrected chi connectivity index (χ2v) is 6.25. The van der Waals surface area contributed by atoms with Gasteiger partial charge in [0, 0.05) is 19.3 Å². The standard InChI is InChI=1S/C12H18N4O2S2/c1-4-8-10-11(15(2)14-8)16(5-6-19-3)12(13-10)20-7-9(17)18/h4-7H2,1-3H3,(H,17,18). The zero-order chi connectivity index (χ0) is 14.7. The molecule has 2 heterocycles. The van der Waals surface area contributed by atoms with Crippen LogP contribution < -0.4 is 0 Å². The molecule has 2 aromatic rings. The van der Waals surface area contributed by atoms with Gasteiger partial charge in [-0.3, -0.25) is 9.48 Å². The summed E-state index contributed by atoms with van der Waals surface area (Å²) in [7, 11) is 1.91. The van der Waals surface area contributed by atoms with Crippen molar-refractivity contribution >= 4 is 40.7 Å². The van der Waals surface area contributed by atoms with E-state index >= 15 is 0 Å². The lowest BCUT2D eigenvalue weighted by atomic mass is 10.3. The van der Waals surface area contributed by atoms with E-state index in [9.17, 15) is 4.79 Å². The molecule has 2 aromatic heterocycles. The number of aliphatic carboxylic acids is 1. The maximum atomic E-state index is 10.8. The largest absolute Gasteiger partial charge is 0.481 e. The summed E-state index contributed by atoms with van der Waals surface area (Å²) in [5.41, 5.74) is 2.83. The first-order valence-corrected chi connectivity index (χ1v) is 8.72. The van der Waals surface area contributed by atoms with Crippen molar-refractivity contribution in [2.24, 2.45) is 7.05 Å². The molecule has 0 aromatic carbocycles. The van der Waals surface area contributed by atoms with Gasteiger partial charge in [-0.05, 0) is 12.7 Å². The van der Waals surface area contributed by atoms with Gasteiger partial charge in [0.15, 0.2) is 10.8 Å². The highest BCUT2D eigenvalue weighted by atomic mass is 32.2. The number of hydrogen-bond donors (Lipinski definition) is 1. The number of aryl methyl sites for hydroxylation is 3. The Labute approximate surface area is 125 Å². The maximum Gasteiger partial charge on any atom is 0.313 e. The Morgan fingerprint density at radius 2 is 2.20 bits per heavy atom. The first kappa shape index (κ1) is 15.2. The summed E-state index contributed by atoms with van der Waals surface area (Å²) in [5, 5.41) is 14.1. The minimum Gasteiger partial charge on any atom is -0.481 e. The number of aromatic nitrogens is 4. The molecule has 0 amide bonds. The van der Waals surface area contributed by atoms with Crippen LogP contribution in [0.15, 0.2) is 5.16 Å². The molecule has 1 N–H and O–H groups in total. The van der Waals surface area contributed by atoms with Crippen LogP contribution in [0.4, 0.5) is 0 Å². The Morgan fingerprint density at radius 3 is 2.80 bits per heavy atom. The SMILES string of the molecule is CCc1nn(C)c2c1nc(SCC(=O)O)n2CCSC. The van der Waals surface area contributed by atoms with Crippen LogP contribution in [-0.2, 0) is 24.8 Å². The molecule has 8 heteroatoms. The molecule has 0 atom stereocenters. The summed E-state index contributed by atoms with van der Waals surface area (Å²) in [6.45, 7) is 2.86. The van der Waals surface area contributed by atoms with E-state index in [1.54, 1.807) is 11.8 Å². The van der Waals surface area contributed by atoms with Crippen molar-refractivity contribution < 1.29 is 9.90 Å². The van der Waals surface area contributed by atoms with Crippen LogP contribution in [0.1, 0.15) is 12.6 Å². The molecule has 0 aliphatic carbocycles. The molecule has 0 radical (unpaired) electrons. The maximum absolute atomic E-state index is 10.8. The summed E-state index contributed by atoms with van der Waals surface area (Å²) in [6, 6.07) is 0. The van der Waals surface area contributed by atoms with Gasteiger partial charge in [-0.1, -0.05) is 18.7 Å². The number of carboxylic acids is 1. The van der Waals surface area contributed by atoms with Gasteiger partial charge < -0.3 is 9.67 Å². The lowest BCUT2D eigenvalue weighted by Gasteiger charge is -2.07. The molecule has 110 valence electrons. The zero-order valence-electron chi connectivity index (χ0n) is 11.8. The number of rotatable bonds is 7. The van der Waals surface area contributed by atoms with E-state index < -0.39 is 5.97 Å². The Bertz CT molecular complexity index is 621.